The quantitative estimate of drug-likeness (QED) is 0.0208. The molecule has 0 N–H and O–H groups in total. The number of rotatable bonds is 37. The van der Waals surface area contributed by atoms with E-state index in [0.29, 0.717) is 24.1 Å². The molecule has 0 saturated carbocycles. The van der Waals surface area contributed by atoms with E-state index in [1.54, 1.807) is 0 Å². The first-order valence-electron chi connectivity index (χ1n) is 20.1. The molecule has 0 amide bonds. The molecule has 49 heavy (non-hydrogen) atoms. The summed E-state index contributed by atoms with van der Waals surface area (Å²) in [6, 6.07) is 0. The molecule has 0 spiro atoms. The Bertz CT molecular complexity index is 843. The van der Waals surface area contributed by atoms with Gasteiger partial charge < -0.3 is 27.9 Å². The van der Waals surface area contributed by atoms with E-state index >= 15 is 0 Å². The number of quaternary nitrogens is 1. The minimum atomic E-state index is -4.52. The van der Waals surface area contributed by atoms with Crippen LogP contribution in [0.25, 0.3) is 0 Å². The fraction of sp³-hybridized carbons (Fsp3) is 0.875. The highest BCUT2D eigenvalue weighted by Crippen LogP contribution is 2.38. The lowest BCUT2D eigenvalue weighted by atomic mass is 10.1. The summed E-state index contributed by atoms with van der Waals surface area (Å²) in [6.45, 7) is 5.32. The van der Waals surface area contributed by atoms with E-state index in [0.717, 1.165) is 51.4 Å². The van der Waals surface area contributed by atoms with Gasteiger partial charge in [-0.25, -0.2) is 0 Å². The first-order chi connectivity index (χ1) is 23.6. The molecule has 2 unspecified atom stereocenters. The zero-order valence-corrected chi connectivity index (χ0v) is 33.5. The molecule has 0 radical (unpaired) electrons. The second kappa shape index (κ2) is 34.1. The maximum Gasteiger partial charge on any atom is 0.306 e. The second-order valence-corrected chi connectivity index (χ2v) is 16.0. The number of unbranched alkanes of at least 4 members (excludes halogenated alkanes) is 19. The number of carbonyl (C=O) groups is 1. The summed E-state index contributed by atoms with van der Waals surface area (Å²) < 4.78 is 34.4. The summed E-state index contributed by atoms with van der Waals surface area (Å²) in [5.74, 6) is -0.348. The highest BCUT2D eigenvalue weighted by molar-refractivity contribution is 7.45. The number of likely N-dealkylation sites (N-methyl/N-ethyl adjacent to an activating group) is 1. The molecule has 290 valence electrons. The largest absolute Gasteiger partial charge is 0.756 e. The highest BCUT2D eigenvalue weighted by atomic mass is 31.2. The standard InChI is InChI=1S/C40H78NO7P/c1-6-8-10-12-14-16-18-19-20-21-22-23-24-26-28-30-32-35-45-37-39(38-47-49(43,44)46-36-34-41(3,4)5)48-40(42)33-31-29-27-25-17-15-13-11-9-7-2/h11,13,20-21,39H,6-10,12,14-19,22-38H2,1-5H3/b13-11-,21-20-. The number of hydrogen-bond donors (Lipinski definition) is 0. The molecular formula is C40H78NO7P. The average Bonchev–Trinajstić information content (AvgIpc) is 3.04. The summed E-state index contributed by atoms with van der Waals surface area (Å²) in [4.78, 5) is 24.9. The van der Waals surface area contributed by atoms with Crippen molar-refractivity contribution in [1.82, 2.24) is 0 Å². The van der Waals surface area contributed by atoms with Gasteiger partial charge in [0.1, 0.15) is 19.3 Å². The maximum atomic E-state index is 12.6. The Labute approximate surface area is 303 Å². The van der Waals surface area contributed by atoms with Crippen LogP contribution in [0.2, 0.25) is 0 Å². The third kappa shape index (κ3) is 38.1. The Morgan fingerprint density at radius 2 is 1.10 bits per heavy atom. The van der Waals surface area contributed by atoms with Gasteiger partial charge in [-0.2, -0.15) is 0 Å². The third-order valence-corrected chi connectivity index (χ3v) is 9.42. The molecule has 0 aromatic carbocycles. The Hall–Kier alpha value is -1.02. The zero-order valence-electron chi connectivity index (χ0n) is 32.6. The van der Waals surface area contributed by atoms with Crippen LogP contribution in [0.5, 0.6) is 0 Å². The molecule has 0 heterocycles. The number of esters is 1. The average molecular weight is 716 g/mol. The first-order valence-corrected chi connectivity index (χ1v) is 21.5. The molecule has 0 aliphatic carbocycles. The van der Waals surface area contributed by atoms with Crippen LogP contribution in [0.1, 0.15) is 168 Å². The predicted octanol–water partition coefficient (Wildman–Crippen LogP) is 10.6. The highest BCUT2D eigenvalue weighted by Gasteiger charge is 2.20. The molecule has 0 aromatic rings. The van der Waals surface area contributed by atoms with E-state index in [2.05, 4.69) is 38.2 Å². The SMILES string of the molecule is CCC/C=C\CCCCCCCC(=O)OC(COCCCCCCCC/C=C\CCCCCCCCC)COP(=O)([O-])OCC[N+](C)(C)C. The summed E-state index contributed by atoms with van der Waals surface area (Å²) in [5, 5.41) is 0. The molecule has 2 atom stereocenters. The fourth-order valence-corrected chi connectivity index (χ4v) is 6.04. The van der Waals surface area contributed by atoms with Crippen LogP contribution in [-0.2, 0) is 27.9 Å². The predicted molar refractivity (Wildman–Crippen MR) is 204 cm³/mol. The molecule has 8 nitrogen and oxygen atoms in total. The van der Waals surface area contributed by atoms with Gasteiger partial charge in [-0.05, 0) is 57.8 Å². The number of hydrogen-bond acceptors (Lipinski definition) is 7. The van der Waals surface area contributed by atoms with Gasteiger partial charge in [0.05, 0.1) is 34.4 Å². The maximum absolute atomic E-state index is 12.6. The number of carbonyl (C=O) groups excluding carboxylic acids is 1. The Morgan fingerprint density at radius 3 is 1.63 bits per heavy atom. The second-order valence-electron chi connectivity index (χ2n) is 14.6. The number of phosphoric acid groups is 1. The van der Waals surface area contributed by atoms with E-state index in [9.17, 15) is 14.3 Å². The summed E-state index contributed by atoms with van der Waals surface area (Å²) in [5.41, 5.74) is 0. The van der Waals surface area contributed by atoms with Crippen LogP contribution in [0, 0.1) is 0 Å². The van der Waals surface area contributed by atoms with Gasteiger partial charge in [0.15, 0.2) is 0 Å². The molecule has 0 aromatic heterocycles. The molecule has 0 saturated heterocycles. The van der Waals surface area contributed by atoms with E-state index in [-0.39, 0.29) is 25.8 Å². The third-order valence-electron chi connectivity index (χ3n) is 8.46. The van der Waals surface area contributed by atoms with Gasteiger partial charge in [0.25, 0.3) is 7.82 Å². The van der Waals surface area contributed by atoms with E-state index in [1.165, 1.54) is 96.3 Å². The summed E-state index contributed by atoms with van der Waals surface area (Å²) in [6.07, 6.45) is 36.2. The lowest BCUT2D eigenvalue weighted by molar-refractivity contribution is -0.870. The molecule has 9 heteroatoms. The van der Waals surface area contributed by atoms with Crippen molar-refractivity contribution in [3.63, 3.8) is 0 Å². The van der Waals surface area contributed by atoms with Crippen LogP contribution in [-0.4, -0.2) is 70.7 Å². The topological polar surface area (TPSA) is 94.1 Å². The summed E-state index contributed by atoms with van der Waals surface area (Å²) in [7, 11) is 1.35. The lowest BCUT2D eigenvalue weighted by Gasteiger charge is -2.28. The van der Waals surface area contributed by atoms with Crippen molar-refractivity contribution in [2.45, 2.75) is 174 Å². The van der Waals surface area contributed by atoms with Gasteiger partial charge >= 0.3 is 5.97 Å². The molecular weight excluding hydrogens is 637 g/mol. The zero-order chi connectivity index (χ0) is 36.3. The van der Waals surface area contributed by atoms with Crippen LogP contribution in [0.4, 0.5) is 0 Å². The normalized spacial score (nSPS) is 14.2. The fourth-order valence-electron chi connectivity index (χ4n) is 5.31. The number of ether oxygens (including phenoxy) is 2. The molecule has 0 rings (SSSR count). The minimum absolute atomic E-state index is 0.0241. The van der Waals surface area contributed by atoms with Gasteiger partial charge in [-0.1, -0.05) is 128 Å². The van der Waals surface area contributed by atoms with Crippen LogP contribution < -0.4 is 4.89 Å². The smallest absolute Gasteiger partial charge is 0.306 e. The van der Waals surface area contributed by atoms with Crippen molar-refractivity contribution >= 4 is 13.8 Å². The van der Waals surface area contributed by atoms with Gasteiger partial charge in [-0.3, -0.25) is 9.36 Å². The van der Waals surface area contributed by atoms with Crippen molar-refractivity contribution in [3.05, 3.63) is 24.3 Å². The van der Waals surface area contributed by atoms with Crippen molar-refractivity contribution in [2.75, 3.05) is 54.1 Å². The van der Waals surface area contributed by atoms with Crippen molar-refractivity contribution in [3.8, 4) is 0 Å². The van der Waals surface area contributed by atoms with E-state index < -0.39 is 13.9 Å². The first kappa shape index (κ1) is 48.0. The van der Waals surface area contributed by atoms with Crippen molar-refractivity contribution < 1.29 is 37.3 Å². The molecule has 0 bridgehead atoms. The monoisotopic (exact) mass is 716 g/mol. The van der Waals surface area contributed by atoms with E-state index in [4.69, 9.17) is 18.5 Å². The van der Waals surface area contributed by atoms with Crippen molar-refractivity contribution in [1.29, 1.82) is 0 Å². The minimum Gasteiger partial charge on any atom is -0.756 e. The van der Waals surface area contributed by atoms with Gasteiger partial charge in [0, 0.05) is 13.0 Å². The summed E-state index contributed by atoms with van der Waals surface area (Å²) >= 11 is 0. The van der Waals surface area contributed by atoms with Crippen molar-refractivity contribution in [2.24, 2.45) is 0 Å². The molecule has 0 aliphatic heterocycles. The van der Waals surface area contributed by atoms with Crippen LogP contribution in [0.3, 0.4) is 0 Å². The van der Waals surface area contributed by atoms with Gasteiger partial charge in [0.2, 0.25) is 0 Å². The Morgan fingerprint density at radius 1 is 0.612 bits per heavy atom. The number of allylic oxidation sites excluding steroid dienone is 4. The van der Waals surface area contributed by atoms with Crippen LogP contribution in [0.15, 0.2) is 24.3 Å². The number of phosphoric ester groups is 1. The van der Waals surface area contributed by atoms with Gasteiger partial charge in [-0.15, -0.1) is 0 Å². The Kier molecular flexibility index (Phi) is 33.4. The number of nitrogens with zero attached hydrogens (tertiary/aromatic N) is 1. The van der Waals surface area contributed by atoms with Crippen LogP contribution >= 0.6 is 7.82 Å². The molecule has 0 fully saturated rings. The lowest BCUT2D eigenvalue weighted by Crippen LogP contribution is -2.37. The van der Waals surface area contributed by atoms with E-state index in [1.807, 2.05) is 21.1 Å². The Balaban J connectivity index is 4.24. The molecule has 0 aliphatic rings.